The van der Waals surface area contributed by atoms with E-state index < -0.39 is 29.3 Å². The van der Waals surface area contributed by atoms with Gasteiger partial charge < -0.3 is 0 Å². The number of hydrogen-bond acceptors (Lipinski definition) is 1. The molecule has 0 saturated carbocycles. The third-order valence-corrected chi connectivity index (χ3v) is 18.4. The molecule has 1 aliphatic rings. The third kappa shape index (κ3) is 4.86. The fraction of sp³-hybridized carbons (Fsp3) is 0.0769. The third-order valence-electron chi connectivity index (χ3n) is 8.08. The van der Waals surface area contributed by atoms with E-state index in [-0.39, 0.29) is 5.41 Å². The summed E-state index contributed by atoms with van der Waals surface area (Å²) >= 11 is -3.82. The van der Waals surface area contributed by atoms with Gasteiger partial charge >= 0.3 is 260 Å². The zero-order chi connectivity index (χ0) is 28.5. The zero-order valence-electron chi connectivity index (χ0n) is 23.8. The van der Waals surface area contributed by atoms with Gasteiger partial charge in [-0.25, -0.2) is 0 Å². The van der Waals surface area contributed by atoms with E-state index in [9.17, 15) is 0 Å². The van der Waals surface area contributed by atoms with Crippen LogP contribution in [0.1, 0.15) is 25.0 Å². The molecular formula is C39H32As2O. The van der Waals surface area contributed by atoms with Gasteiger partial charge in [0.15, 0.2) is 0 Å². The first-order valence-electron chi connectivity index (χ1n) is 14.4. The van der Waals surface area contributed by atoms with Gasteiger partial charge in [-0.1, -0.05) is 0 Å². The molecule has 0 fully saturated rings. The van der Waals surface area contributed by atoms with Gasteiger partial charge in [0, 0.05) is 0 Å². The molecule has 0 amide bonds. The minimum atomic E-state index is -1.91. The van der Waals surface area contributed by atoms with Gasteiger partial charge in [0.2, 0.25) is 0 Å². The van der Waals surface area contributed by atoms with E-state index in [4.69, 9.17) is 4.74 Å². The van der Waals surface area contributed by atoms with Crippen LogP contribution in [0.4, 0.5) is 0 Å². The summed E-state index contributed by atoms with van der Waals surface area (Å²) in [5, 5.41) is 0. The summed E-state index contributed by atoms with van der Waals surface area (Å²) in [4.78, 5) is 0. The predicted octanol–water partition coefficient (Wildman–Crippen LogP) is 5.15. The Bertz CT molecular complexity index is 1600. The Morgan fingerprint density at radius 3 is 1.00 bits per heavy atom. The number of rotatable bonds is 6. The summed E-state index contributed by atoms with van der Waals surface area (Å²) in [7, 11) is 0. The van der Waals surface area contributed by atoms with Crippen LogP contribution in [0.3, 0.4) is 0 Å². The van der Waals surface area contributed by atoms with Crippen molar-refractivity contribution >= 4 is 55.4 Å². The Labute approximate surface area is 258 Å². The fourth-order valence-corrected chi connectivity index (χ4v) is 16.1. The summed E-state index contributed by atoms with van der Waals surface area (Å²) < 4.78 is 15.6. The maximum absolute atomic E-state index is 7.30. The molecule has 0 radical (unpaired) electrons. The Balaban J connectivity index is 1.45. The van der Waals surface area contributed by atoms with Gasteiger partial charge in [0.1, 0.15) is 0 Å². The molecule has 0 N–H and O–H groups in total. The number of benzene rings is 6. The molecule has 0 bridgehead atoms. The molecule has 204 valence electrons. The van der Waals surface area contributed by atoms with E-state index in [0.717, 1.165) is 11.5 Å². The van der Waals surface area contributed by atoms with Crippen molar-refractivity contribution in [1.82, 2.24) is 0 Å². The molecule has 0 atom stereocenters. The first-order chi connectivity index (χ1) is 20.6. The van der Waals surface area contributed by atoms with E-state index in [2.05, 4.69) is 172 Å². The standard InChI is InChI=1S/C39H32As2O/c1-39(2)33-25-15-27-35(40(29-17-7-3-8-18-29)30-19-9-4-10-20-30)37(33)42-38-34(39)26-16-28-36(38)41(31-21-11-5-12-22-31)32-23-13-6-14-24-32/h3-28H,1-2H3. The van der Waals surface area contributed by atoms with E-state index in [1.54, 1.807) is 0 Å². The monoisotopic (exact) mass is 666 g/mol. The number of hydrogen-bond donors (Lipinski definition) is 0. The topological polar surface area (TPSA) is 9.23 Å². The van der Waals surface area contributed by atoms with Gasteiger partial charge in [-0.15, -0.1) is 0 Å². The van der Waals surface area contributed by atoms with Crippen molar-refractivity contribution in [3.63, 3.8) is 0 Å². The molecule has 7 rings (SSSR count). The van der Waals surface area contributed by atoms with Crippen LogP contribution in [0, 0.1) is 0 Å². The van der Waals surface area contributed by atoms with Crippen molar-refractivity contribution in [1.29, 1.82) is 0 Å². The fourth-order valence-electron chi connectivity index (χ4n) is 6.01. The minimum absolute atomic E-state index is 0.199. The first kappa shape index (κ1) is 27.1. The second kappa shape index (κ2) is 11.5. The molecule has 1 nitrogen and oxygen atoms in total. The molecular weight excluding hydrogens is 634 g/mol. The van der Waals surface area contributed by atoms with Crippen LogP contribution in [0.25, 0.3) is 0 Å². The molecule has 0 saturated heterocycles. The summed E-state index contributed by atoms with van der Waals surface area (Å²) in [5.41, 5.74) is 2.35. The summed E-state index contributed by atoms with van der Waals surface area (Å²) in [6.45, 7) is 4.73. The quantitative estimate of drug-likeness (QED) is 0.224. The van der Waals surface area contributed by atoms with Crippen molar-refractivity contribution in [3.8, 4) is 11.5 Å². The Kier molecular flexibility index (Phi) is 7.41. The number of fused-ring (bicyclic) bond motifs is 2. The summed E-state index contributed by atoms with van der Waals surface area (Å²) in [6.07, 6.45) is 0. The second-order valence-electron chi connectivity index (χ2n) is 11.0. The van der Waals surface area contributed by atoms with Crippen LogP contribution in [0.5, 0.6) is 11.5 Å². The molecule has 1 heterocycles. The van der Waals surface area contributed by atoms with E-state index in [1.165, 1.54) is 37.2 Å². The molecule has 42 heavy (non-hydrogen) atoms. The molecule has 0 aromatic heterocycles. The molecule has 0 unspecified atom stereocenters. The van der Waals surface area contributed by atoms with Crippen molar-refractivity contribution in [2.24, 2.45) is 0 Å². The number of ether oxygens (including phenoxy) is 1. The van der Waals surface area contributed by atoms with Gasteiger partial charge in [-0.05, 0) is 0 Å². The van der Waals surface area contributed by atoms with Gasteiger partial charge in [0.05, 0.1) is 0 Å². The van der Waals surface area contributed by atoms with Gasteiger partial charge in [0.25, 0.3) is 0 Å². The second-order valence-corrected chi connectivity index (χ2v) is 20.2. The van der Waals surface area contributed by atoms with Crippen molar-refractivity contribution in [2.75, 3.05) is 0 Å². The predicted molar refractivity (Wildman–Crippen MR) is 180 cm³/mol. The van der Waals surface area contributed by atoms with Crippen LogP contribution in [-0.4, -0.2) is 29.3 Å². The summed E-state index contributed by atoms with van der Waals surface area (Å²) in [5.74, 6) is 2.12. The maximum atomic E-state index is 7.30. The Morgan fingerprint density at radius 2 is 0.690 bits per heavy atom. The molecule has 0 aliphatic carbocycles. The van der Waals surface area contributed by atoms with Crippen LogP contribution in [0.15, 0.2) is 158 Å². The van der Waals surface area contributed by atoms with Gasteiger partial charge in [-0.3, -0.25) is 0 Å². The van der Waals surface area contributed by atoms with Crippen LogP contribution >= 0.6 is 0 Å². The van der Waals surface area contributed by atoms with Crippen molar-refractivity contribution < 1.29 is 4.74 Å². The van der Waals surface area contributed by atoms with Crippen LogP contribution in [0.2, 0.25) is 0 Å². The van der Waals surface area contributed by atoms with Crippen molar-refractivity contribution in [2.45, 2.75) is 19.3 Å². The Hall–Kier alpha value is -3.76. The molecule has 6 aromatic rings. The average molecular weight is 667 g/mol. The van der Waals surface area contributed by atoms with Gasteiger partial charge in [-0.2, -0.15) is 0 Å². The van der Waals surface area contributed by atoms with E-state index >= 15 is 0 Å². The van der Waals surface area contributed by atoms with Crippen LogP contribution in [-0.2, 0) is 5.41 Å². The molecule has 1 aliphatic heterocycles. The number of para-hydroxylation sites is 2. The molecule has 3 heteroatoms. The van der Waals surface area contributed by atoms with Crippen molar-refractivity contribution in [3.05, 3.63) is 169 Å². The SMILES string of the molecule is CC1(C)c2cccc([As](c3ccccc3)c3ccccc3)c2Oc2c([As](c3ccccc3)c3ccccc3)cccc21. The zero-order valence-corrected chi connectivity index (χ0v) is 27.6. The molecule has 0 spiro atoms. The van der Waals surface area contributed by atoms with E-state index in [1.807, 2.05) is 0 Å². The normalized spacial score (nSPS) is 13.3. The first-order valence-corrected chi connectivity index (χ1v) is 20.0. The Morgan fingerprint density at radius 1 is 0.381 bits per heavy atom. The average Bonchev–Trinajstić information content (AvgIpc) is 3.04. The van der Waals surface area contributed by atoms with E-state index in [0.29, 0.717) is 0 Å². The van der Waals surface area contributed by atoms with Crippen LogP contribution < -0.4 is 30.8 Å². The molecule has 6 aromatic carbocycles. The summed E-state index contributed by atoms with van der Waals surface area (Å²) in [6, 6.07) is 57.9.